The lowest BCUT2D eigenvalue weighted by Crippen LogP contribution is -2.03. The van der Waals surface area contributed by atoms with Crippen molar-refractivity contribution in [2.24, 2.45) is 7.05 Å². The van der Waals surface area contributed by atoms with Gasteiger partial charge in [-0.05, 0) is 0 Å². The Kier molecular flexibility index (Phi) is 2.07. The fraction of sp³-hybridized carbons (Fsp3) is 0.200. The smallest absolute Gasteiger partial charge is 0.145 e. The fourth-order valence-electron chi connectivity index (χ4n) is 1.60. The summed E-state index contributed by atoms with van der Waals surface area (Å²) in [6, 6.07) is 0. The zero-order valence-corrected chi connectivity index (χ0v) is 8.78. The van der Waals surface area contributed by atoms with E-state index in [0.29, 0.717) is 5.82 Å². The Morgan fingerprint density at radius 2 is 2.27 bits per heavy atom. The molecule has 0 unspecified atom stereocenters. The molecule has 78 valence electrons. The standard InChI is InChI=1S/C10H13N5/c1-6(12-2)7-4-15(3)10-8(7)9(11)13-5-14-10/h4-5,12H,1H2,2-3H3,(H2,11,13,14). The molecule has 0 bridgehead atoms. The van der Waals surface area contributed by atoms with Gasteiger partial charge in [-0.1, -0.05) is 6.58 Å². The third-order valence-corrected chi connectivity index (χ3v) is 2.41. The van der Waals surface area contributed by atoms with Crippen LogP contribution in [0.1, 0.15) is 5.56 Å². The molecule has 0 aliphatic rings. The Hall–Kier alpha value is -2.04. The molecule has 0 aliphatic heterocycles. The van der Waals surface area contributed by atoms with Gasteiger partial charge in [-0.2, -0.15) is 0 Å². The first-order valence-corrected chi connectivity index (χ1v) is 4.57. The summed E-state index contributed by atoms with van der Waals surface area (Å²) in [6.07, 6.45) is 3.40. The van der Waals surface area contributed by atoms with E-state index < -0.39 is 0 Å². The average Bonchev–Trinajstić information content (AvgIpc) is 2.57. The minimum atomic E-state index is 0.479. The van der Waals surface area contributed by atoms with Crippen molar-refractivity contribution >= 4 is 22.5 Å². The summed E-state index contributed by atoms with van der Waals surface area (Å²) in [5.74, 6) is 0.479. The summed E-state index contributed by atoms with van der Waals surface area (Å²) in [6.45, 7) is 3.91. The van der Waals surface area contributed by atoms with Crippen LogP contribution in [0.25, 0.3) is 16.7 Å². The van der Waals surface area contributed by atoms with Gasteiger partial charge in [0.1, 0.15) is 17.8 Å². The van der Waals surface area contributed by atoms with Gasteiger partial charge in [0, 0.05) is 31.6 Å². The molecule has 2 aromatic heterocycles. The minimum absolute atomic E-state index is 0.479. The molecule has 0 aromatic carbocycles. The maximum Gasteiger partial charge on any atom is 0.145 e. The molecule has 2 heterocycles. The molecule has 0 spiro atoms. The van der Waals surface area contributed by atoms with E-state index in [1.54, 1.807) is 0 Å². The molecule has 3 N–H and O–H groups in total. The van der Waals surface area contributed by atoms with Crippen molar-refractivity contribution in [3.05, 3.63) is 24.7 Å². The lowest BCUT2D eigenvalue weighted by molar-refractivity contribution is 0.941. The van der Waals surface area contributed by atoms with E-state index in [9.17, 15) is 0 Å². The predicted octanol–water partition coefficient (Wildman–Crippen LogP) is 0.741. The van der Waals surface area contributed by atoms with Crippen molar-refractivity contribution in [2.45, 2.75) is 0 Å². The van der Waals surface area contributed by atoms with Crippen molar-refractivity contribution in [1.29, 1.82) is 0 Å². The van der Waals surface area contributed by atoms with Gasteiger partial charge in [0.05, 0.1) is 5.39 Å². The van der Waals surface area contributed by atoms with Gasteiger partial charge in [0.25, 0.3) is 0 Å². The van der Waals surface area contributed by atoms with Crippen LogP contribution in [0.3, 0.4) is 0 Å². The van der Waals surface area contributed by atoms with Gasteiger partial charge >= 0.3 is 0 Å². The third kappa shape index (κ3) is 1.32. The number of aromatic nitrogens is 3. The summed E-state index contributed by atoms with van der Waals surface area (Å²) in [7, 11) is 3.74. The highest BCUT2D eigenvalue weighted by atomic mass is 15.0. The zero-order valence-electron chi connectivity index (χ0n) is 8.78. The predicted molar refractivity (Wildman–Crippen MR) is 61.0 cm³/mol. The number of aryl methyl sites for hydroxylation is 1. The molecule has 0 saturated carbocycles. The molecule has 0 saturated heterocycles. The summed E-state index contributed by atoms with van der Waals surface area (Å²) in [5.41, 5.74) is 8.39. The third-order valence-electron chi connectivity index (χ3n) is 2.41. The van der Waals surface area contributed by atoms with Crippen molar-refractivity contribution in [3.63, 3.8) is 0 Å². The fourth-order valence-corrected chi connectivity index (χ4v) is 1.60. The van der Waals surface area contributed by atoms with Crippen molar-refractivity contribution in [2.75, 3.05) is 12.8 Å². The zero-order chi connectivity index (χ0) is 11.0. The van der Waals surface area contributed by atoms with Crippen LogP contribution in [0.15, 0.2) is 19.1 Å². The maximum absolute atomic E-state index is 5.83. The van der Waals surface area contributed by atoms with Gasteiger partial charge in [0.15, 0.2) is 0 Å². The Bertz CT molecular complexity index is 526. The van der Waals surface area contributed by atoms with Gasteiger partial charge in [-0.25, -0.2) is 9.97 Å². The van der Waals surface area contributed by atoms with Gasteiger partial charge in [-0.15, -0.1) is 0 Å². The second-order valence-electron chi connectivity index (χ2n) is 3.34. The number of hydrogen-bond donors (Lipinski definition) is 2. The van der Waals surface area contributed by atoms with E-state index in [1.807, 2.05) is 24.9 Å². The molecule has 5 heteroatoms. The number of nitrogens with one attached hydrogen (secondary N) is 1. The molecule has 0 aliphatic carbocycles. The highest BCUT2D eigenvalue weighted by Gasteiger charge is 2.12. The summed E-state index contributed by atoms with van der Waals surface area (Å²) >= 11 is 0. The topological polar surface area (TPSA) is 68.8 Å². The van der Waals surface area contributed by atoms with Crippen molar-refractivity contribution < 1.29 is 0 Å². The molecule has 2 aromatic rings. The van der Waals surface area contributed by atoms with E-state index >= 15 is 0 Å². The second-order valence-corrected chi connectivity index (χ2v) is 3.34. The molecule has 15 heavy (non-hydrogen) atoms. The second kappa shape index (κ2) is 3.27. The van der Waals surface area contributed by atoms with Crippen molar-refractivity contribution in [3.8, 4) is 0 Å². The number of nitrogen functional groups attached to an aromatic ring is 1. The Morgan fingerprint density at radius 1 is 1.53 bits per heavy atom. The Labute approximate surface area is 87.6 Å². The van der Waals surface area contributed by atoms with Crippen molar-refractivity contribution in [1.82, 2.24) is 19.9 Å². The van der Waals surface area contributed by atoms with Gasteiger partial charge < -0.3 is 15.6 Å². The van der Waals surface area contributed by atoms with Gasteiger partial charge in [0.2, 0.25) is 0 Å². The van der Waals surface area contributed by atoms with E-state index in [1.165, 1.54) is 6.33 Å². The number of fused-ring (bicyclic) bond motifs is 1. The van der Waals surface area contributed by atoms with Crippen LogP contribution in [0.4, 0.5) is 5.82 Å². The monoisotopic (exact) mass is 203 g/mol. The maximum atomic E-state index is 5.83. The summed E-state index contributed by atoms with van der Waals surface area (Å²) in [5, 5.41) is 3.84. The van der Waals surface area contributed by atoms with Crippen LogP contribution in [0.5, 0.6) is 0 Å². The molecular formula is C10H13N5. The molecule has 5 nitrogen and oxygen atoms in total. The molecule has 0 amide bonds. The lowest BCUT2D eigenvalue weighted by atomic mass is 10.2. The summed E-state index contributed by atoms with van der Waals surface area (Å²) < 4.78 is 1.91. The van der Waals surface area contributed by atoms with E-state index in [2.05, 4.69) is 21.9 Å². The highest BCUT2D eigenvalue weighted by molar-refractivity contribution is 5.96. The number of anilines is 1. The van der Waals surface area contributed by atoms with Crippen LogP contribution in [-0.2, 0) is 7.05 Å². The van der Waals surface area contributed by atoms with Crippen LogP contribution >= 0.6 is 0 Å². The number of nitrogens with two attached hydrogens (primary N) is 1. The van der Waals surface area contributed by atoms with Crippen LogP contribution in [0.2, 0.25) is 0 Å². The molecule has 0 atom stereocenters. The quantitative estimate of drug-likeness (QED) is 0.755. The molecule has 2 rings (SSSR count). The average molecular weight is 203 g/mol. The minimum Gasteiger partial charge on any atom is -0.388 e. The SMILES string of the molecule is C=C(NC)c1cn(C)c2ncnc(N)c12. The molecule has 0 radical (unpaired) electrons. The highest BCUT2D eigenvalue weighted by Crippen LogP contribution is 2.26. The number of nitrogens with zero attached hydrogens (tertiary/aromatic N) is 3. The molecular weight excluding hydrogens is 190 g/mol. The van der Waals surface area contributed by atoms with E-state index in [-0.39, 0.29) is 0 Å². The van der Waals surface area contributed by atoms with Crippen LogP contribution in [0, 0.1) is 0 Å². The first kappa shape index (κ1) is 9.51. The Morgan fingerprint density at radius 3 is 2.93 bits per heavy atom. The normalized spacial score (nSPS) is 10.5. The van der Waals surface area contributed by atoms with Crippen LogP contribution in [-0.4, -0.2) is 21.6 Å². The summed E-state index contributed by atoms with van der Waals surface area (Å²) in [4.78, 5) is 8.16. The van der Waals surface area contributed by atoms with Crippen LogP contribution < -0.4 is 11.1 Å². The first-order chi connectivity index (χ1) is 7.15. The lowest BCUT2D eigenvalue weighted by Gasteiger charge is -2.02. The van der Waals surface area contributed by atoms with E-state index in [4.69, 9.17) is 5.73 Å². The Balaban J connectivity index is 2.81. The largest absolute Gasteiger partial charge is 0.388 e. The number of hydrogen-bond acceptors (Lipinski definition) is 4. The molecule has 0 fully saturated rings. The van der Waals surface area contributed by atoms with Gasteiger partial charge in [-0.3, -0.25) is 0 Å². The van der Waals surface area contributed by atoms with E-state index in [0.717, 1.165) is 22.3 Å². The number of rotatable bonds is 2. The first-order valence-electron chi connectivity index (χ1n) is 4.57.